The summed E-state index contributed by atoms with van der Waals surface area (Å²) in [6.45, 7) is 5.09. The minimum atomic E-state index is -0.412. The fourth-order valence-electron chi connectivity index (χ4n) is 2.43. The number of ether oxygens (including phenoxy) is 1. The van der Waals surface area contributed by atoms with Gasteiger partial charge in [-0.05, 0) is 55.3 Å². The van der Waals surface area contributed by atoms with Crippen molar-refractivity contribution >= 4 is 29.1 Å². The second-order valence-corrected chi connectivity index (χ2v) is 6.13. The second kappa shape index (κ2) is 8.84. The number of amides is 3. The van der Waals surface area contributed by atoms with E-state index in [1.165, 1.54) is 14.0 Å². The van der Waals surface area contributed by atoms with E-state index < -0.39 is 5.91 Å². The van der Waals surface area contributed by atoms with Gasteiger partial charge in [-0.2, -0.15) is 0 Å². The van der Waals surface area contributed by atoms with Crippen LogP contribution in [0.4, 0.5) is 11.4 Å². The molecule has 3 N–H and O–H groups in total. The zero-order valence-electron chi connectivity index (χ0n) is 15.8. The first-order chi connectivity index (χ1) is 12.8. The number of benzene rings is 2. The Morgan fingerprint density at radius 1 is 0.963 bits per heavy atom. The molecule has 7 nitrogen and oxygen atoms in total. The molecule has 0 radical (unpaired) electrons. The molecule has 142 valence electrons. The molecule has 0 aliphatic heterocycles. The number of methoxy groups -OCH3 is 1. The molecule has 0 aliphatic carbocycles. The van der Waals surface area contributed by atoms with Crippen molar-refractivity contribution in [2.45, 2.75) is 20.8 Å². The lowest BCUT2D eigenvalue weighted by atomic mass is 10.1. The molecule has 0 fully saturated rings. The van der Waals surface area contributed by atoms with E-state index in [9.17, 15) is 14.4 Å². The fourth-order valence-corrected chi connectivity index (χ4v) is 2.43. The molecule has 27 heavy (non-hydrogen) atoms. The van der Waals surface area contributed by atoms with E-state index in [4.69, 9.17) is 4.74 Å². The number of carbonyl (C=O) groups excluding carboxylic acids is 3. The lowest BCUT2D eigenvalue weighted by Gasteiger charge is -2.13. The molecule has 2 aromatic rings. The van der Waals surface area contributed by atoms with Crippen LogP contribution in [0.3, 0.4) is 0 Å². The Morgan fingerprint density at radius 2 is 1.70 bits per heavy atom. The van der Waals surface area contributed by atoms with Gasteiger partial charge in [0, 0.05) is 18.2 Å². The summed E-state index contributed by atoms with van der Waals surface area (Å²) >= 11 is 0. The third-order valence-corrected chi connectivity index (χ3v) is 3.97. The van der Waals surface area contributed by atoms with Crippen LogP contribution >= 0.6 is 0 Å². The van der Waals surface area contributed by atoms with Crippen LogP contribution in [0.15, 0.2) is 36.4 Å². The molecule has 0 saturated carbocycles. The molecule has 0 bridgehead atoms. The number of hydrogen-bond acceptors (Lipinski definition) is 4. The summed E-state index contributed by atoms with van der Waals surface area (Å²) in [6.07, 6.45) is 0. The van der Waals surface area contributed by atoms with Crippen molar-refractivity contribution in [3.63, 3.8) is 0 Å². The Hall–Kier alpha value is -3.35. The van der Waals surface area contributed by atoms with E-state index in [0.717, 1.165) is 11.1 Å². The smallest absolute Gasteiger partial charge is 0.251 e. The van der Waals surface area contributed by atoms with Crippen LogP contribution in [-0.2, 0) is 9.59 Å². The van der Waals surface area contributed by atoms with Gasteiger partial charge in [0.1, 0.15) is 5.75 Å². The highest BCUT2D eigenvalue weighted by Crippen LogP contribution is 2.27. The van der Waals surface area contributed by atoms with Gasteiger partial charge in [0.25, 0.3) is 5.91 Å². The Labute approximate surface area is 158 Å². The zero-order chi connectivity index (χ0) is 20.0. The van der Waals surface area contributed by atoms with Crippen molar-refractivity contribution in [2.24, 2.45) is 0 Å². The van der Waals surface area contributed by atoms with Crippen molar-refractivity contribution in [3.8, 4) is 5.75 Å². The molecule has 7 heteroatoms. The first-order valence-corrected chi connectivity index (χ1v) is 8.41. The first kappa shape index (κ1) is 20.0. The van der Waals surface area contributed by atoms with Gasteiger partial charge in [-0.15, -0.1) is 0 Å². The van der Waals surface area contributed by atoms with Crippen LogP contribution in [0, 0.1) is 13.8 Å². The maximum absolute atomic E-state index is 12.2. The molecule has 0 aromatic heterocycles. The summed E-state index contributed by atoms with van der Waals surface area (Å²) in [5, 5.41) is 7.90. The summed E-state index contributed by atoms with van der Waals surface area (Å²) in [5.41, 5.74) is 3.52. The third-order valence-electron chi connectivity index (χ3n) is 3.97. The van der Waals surface area contributed by atoms with E-state index in [0.29, 0.717) is 22.7 Å². The second-order valence-electron chi connectivity index (χ2n) is 6.13. The number of nitrogens with one attached hydrogen (secondary N) is 3. The topological polar surface area (TPSA) is 96.5 Å². The van der Waals surface area contributed by atoms with E-state index in [1.807, 2.05) is 19.9 Å². The van der Waals surface area contributed by atoms with E-state index in [-0.39, 0.29) is 18.4 Å². The lowest BCUT2D eigenvalue weighted by molar-refractivity contribution is -0.115. The van der Waals surface area contributed by atoms with Crippen molar-refractivity contribution in [2.75, 3.05) is 24.3 Å². The zero-order valence-corrected chi connectivity index (χ0v) is 15.8. The molecular formula is C20H23N3O4. The quantitative estimate of drug-likeness (QED) is 0.729. The van der Waals surface area contributed by atoms with Crippen molar-refractivity contribution in [1.82, 2.24) is 5.32 Å². The number of carbonyl (C=O) groups is 3. The molecule has 0 saturated heterocycles. The van der Waals surface area contributed by atoms with Crippen molar-refractivity contribution in [1.29, 1.82) is 0 Å². The Morgan fingerprint density at radius 3 is 2.33 bits per heavy atom. The number of hydrogen-bond donors (Lipinski definition) is 3. The van der Waals surface area contributed by atoms with Gasteiger partial charge in [-0.25, -0.2) is 0 Å². The molecule has 0 aliphatic rings. The highest BCUT2D eigenvalue weighted by Gasteiger charge is 2.12. The predicted molar refractivity (Wildman–Crippen MR) is 104 cm³/mol. The van der Waals surface area contributed by atoms with Crippen LogP contribution in [-0.4, -0.2) is 31.4 Å². The number of aryl methyl sites for hydroxylation is 2. The van der Waals surface area contributed by atoms with Crippen molar-refractivity contribution < 1.29 is 19.1 Å². The van der Waals surface area contributed by atoms with E-state index in [2.05, 4.69) is 16.0 Å². The van der Waals surface area contributed by atoms with Crippen LogP contribution in [0.2, 0.25) is 0 Å². The highest BCUT2D eigenvalue weighted by atomic mass is 16.5. The summed E-state index contributed by atoms with van der Waals surface area (Å²) in [7, 11) is 1.48. The average molecular weight is 369 g/mol. The standard InChI is InChI=1S/C20H23N3O4/c1-12-5-6-15(9-13(12)2)20(26)21-11-19(25)23-17-10-16(22-14(3)24)7-8-18(17)27-4/h5-10H,11H2,1-4H3,(H,21,26)(H,22,24)(H,23,25). The van der Waals surface area contributed by atoms with Gasteiger partial charge in [-0.3, -0.25) is 14.4 Å². The summed E-state index contributed by atoms with van der Waals surface area (Å²) < 4.78 is 5.21. The molecule has 2 rings (SSSR count). The summed E-state index contributed by atoms with van der Waals surface area (Å²) in [4.78, 5) is 35.6. The third kappa shape index (κ3) is 5.57. The van der Waals surface area contributed by atoms with Gasteiger partial charge in [0.15, 0.2) is 0 Å². The van der Waals surface area contributed by atoms with Crippen LogP contribution < -0.4 is 20.7 Å². The molecule has 0 heterocycles. The van der Waals surface area contributed by atoms with Gasteiger partial charge in [-0.1, -0.05) is 6.07 Å². The molecule has 0 spiro atoms. The minimum absolute atomic E-state index is 0.195. The average Bonchev–Trinajstić information content (AvgIpc) is 2.61. The molecular weight excluding hydrogens is 346 g/mol. The van der Waals surface area contributed by atoms with Gasteiger partial charge in [0.05, 0.1) is 19.3 Å². The fraction of sp³-hybridized carbons (Fsp3) is 0.250. The van der Waals surface area contributed by atoms with Crippen LogP contribution in [0.25, 0.3) is 0 Å². The summed E-state index contributed by atoms with van der Waals surface area (Å²) in [5.74, 6) is -0.520. The largest absolute Gasteiger partial charge is 0.495 e. The Kier molecular flexibility index (Phi) is 6.54. The Balaban J connectivity index is 2.01. The van der Waals surface area contributed by atoms with Crippen molar-refractivity contribution in [3.05, 3.63) is 53.1 Å². The monoisotopic (exact) mass is 369 g/mol. The molecule has 3 amide bonds. The van der Waals surface area contributed by atoms with Crippen LogP contribution in [0.5, 0.6) is 5.75 Å². The molecule has 0 unspecified atom stereocenters. The van der Waals surface area contributed by atoms with Crippen LogP contribution in [0.1, 0.15) is 28.4 Å². The molecule has 0 atom stereocenters. The number of rotatable bonds is 6. The minimum Gasteiger partial charge on any atom is -0.495 e. The first-order valence-electron chi connectivity index (χ1n) is 8.41. The van der Waals surface area contributed by atoms with Gasteiger partial charge < -0.3 is 20.7 Å². The Bertz CT molecular complexity index is 878. The SMILES string of the molecule is COc1ccc(NC(C)=O)cc1NC(=O)CNC(=O)c1ccc(C)c(C)c1. The summed E-state index contributed by atoms with van der Waals surface area (Å²) in [6, 6.07) is 10.2. The van der Waals surface area contributed by atoms with Gasteiger partial charge >= 0.3 is 0 Å². The highest BCUT2D eigenvalue weighted by molar-refractivity contribution is 6.00. The lowest BCUT2D eigenvalue weighted by Crippen LogP contribution is -2.33. The normalized spacial score (nSPS) is 10.1. The van der Waals surface area contributed by atoms with E-state index in [1.54, 1.807) is 30.3 Å². The van der Waals surface area contributed by atoms with Gasteiger partial charge in [0.2, 0.25) is 11.8 Å². The number of anilines is 2. The molecule has 2 aromatic carbocycles. The maximum Gasteiger partial charge on any atom is 0.251 e. The predicted octanol–water partition coefficient (Wildman–Crippen LogP) is 2.64. The van der Waals surface area contributed by atoms with E-state index >= 15 is 0 Å². The maximum atomic E-state index is 12.2.